The number of ether oxygens (including phenoxy) is 2. The highest BCUT2D eigenvalue weighted by atomic mass is 32.2. The van der Waals surface area contributed by atoms with E-state index >= 15 is 0 Å². The van der Waals surface area contributed by atoms with Gasteiger partial charge in [-0.25, -0.2) is 14.8 Å². The number of thiazole rings is 1. The number of nitro groups is 1. The first kappa shape index (κ1) is 29.7. The summed E-state index contributed by atoms with van der Waals surface area (Å²) in [5.74, 6) is -0.117. The van der Waals surface area contributed by atoms with Crippen LogP contribution in [-0.4, -0.2) is 39.1 Å². The average Bonchev–Trinajstić information content (AvgIpc) is 3.26. The zero-order valence-electron chi connectivity index (χ0n) is 23.4. The Morgan fingerprint density at radius 2 is 1.98 bits per heavy atom. The van der Waals surface area contributed by atoms with Gasteiger partial charge in [-0.3, -0.25) is 24.3 Å². The number of carbonyl (C=O) groups excluding carboxylic acids is 1. The minimum Gasteiger partial charge on any atom is -0.496 e. The highest BCUT2D eigenvalue weighted by molar-refractivity contribution is 7.99. The summed E-state index contributed by atoms with van der Waals surface area (Å²) in [4.78, 5) is 62.3. The summed E-state index contributed by atoms with van der Waals surface area (Å²) in [6.45, 7) is 5.17. The number of nitrogens with zero attached hydrogens (tertiary/aromatic N) is 4. The monoisotopic (exact) mass is 619 g/mol. The highest BCUT2D eigenvalue weighted by Gasteiger charge is 2.35. The van der Waals surface area contributed by atoms with Gasteiger partial charge in [0.05, 0.1) is 39.3 Å². The number of nitrogens with one attached hydrogen (secondary N) is 1. The largest absolute Gasteiger partial charge is 0.496 e. The minimum atomic E-state index is -0.870. The number of para-hydroxylation sites is 1. The van der Waals surface area contributed by atoms with Crippen molar-refractivity contribution in [3.8, 4) is 5.75 Å². The van der Waals surface area contributed by atoms with Crippen LogP contribution in [0.15, 0.2) is 84.4 Å². The molecule has 0 saturated carbocycles. The van der Waals surface area contributed by atoms with E-state index in [0.717, 1.165) is 23.1 Å². The van der Waals surface area contributed by atoms with Crippen LogP contribution < -0.4 is 25.2 Å². The molecule has 0 bridgehead atoms. The summed E-state index contributed by atoms with van der Waals surface area (Å²) in [6, 6.07) is 12.1. The molecule has 43 heavy (non-hydrogen) atoms. The molecular formula is C29H25N5O7S2. The van der Waals surface area contributed by atoms with E-state index in [1.54, 1.807) is 57.2 Å². The summed E-state index contributed by atoms with van der Waals surface area (Å²) in [7, 11) is 1.50. The number of methoxy groups -OCH3 is 1. The van der Waals surface area contributed by atoms with Gasteiger partial charge in [0, 0.05) is 23.4 Å². The van der Waals surface area contributed by atoms with Crippen LogP contribution in [0.25, 0.3) is 6.08 Å². The van der Waals surface area contributed by atoms with Crippen LogP contribution in [0, 0.1) is 17.0 Å². The number of allylic oxidation sites excluding steroid dienone is 1. The van der Waals surface area contributed by atoms with Crippen LogP contribution in [0.3, 0.4) is 0 Å². The number of rotatable bonds is 8. The molecule has 3 heterocycles. The predicted octanol–water partition coefficient (Wildman–Crippen LogP) is 3.26. The van der Waals surface area contributed by atoms with Crippen LogP contribution in [0.4, 0.5) is 5.69 Å². The van der Waals surface area contributed by atoms with Crippen molar-refractivity contribution < 1.29 is 19.2 Å². The van der Waals surface area contributed by atoms with Gasteiger partial charge in [0.25, 0.3) is 16.8 Å². The molecule has 1 aliphatic heterocycles. The van der Waals surface area contributed by atoms with E-state index in [-0.39, 0.29) is 38.0 Å². The number of aromatic amines is 1. The summed E-state index contributed by atoms with van der Waals surface area (Å²) >= 11 is 2.06. The minimum absolute atomic E-state index is 0.141. The Bertz CT molecular complexity index is 2040. The first-order chi connectivity index (χ1) is 20.6. The number of esters is 1. The quantitative estimate of drug-likeness (QED) is 0.135. The maximum absolute atomic E-state index is 13.9. The molecule has 5 rings (SSSR count). The van der Waals surface area contributed by atoms with Gasteiger partial charge in [0.2, 0.25) is 0 Å². The third kappa shape index (κ3) is 5.92. The molecule has 2 aromatic heterocycles. The van der Waals surface area contributed by atoms with Crippen LogP contribution in [-0.2, 0) is 9.53 Å². The molecule has 2 aromatic carbocycles. The number of hydrogen-bond donors (Lipinski definition) is 1. The van der Waals surface area contributed by atoms with E-state index in [1.807, 2.05) is 0 Å². The van der Waals surface area contributed by atoms with Gasteiger partial charge >= 0.3 is 5.97 Å². The average molecular weight is 620 g/mol. The van der Waals surface area contributed by atoms with Crippen molar-refractivity contribution in [2.45, 2.75) is 36.9 Å². The van der Waals surface area contributed by atoms with Crippen LogP contribution in [0.5, 0.6) is 5.75 Å². The molecule has 0 amide bonds. The number of hydrogen-bond acceptors (Lipinski definition) is 11. The molecule has 0 fully saturated rings. The lowest BCUT2D eigenvalue weighted by atomic mass is 9.95. The fourth-order valence-corrected chi connectivity index (χ4v) is 6.66. The zero-order valence-corrected chi connectivity index (χ0v) is 25.1. The molecule has 0 saturated heterocycles. The summed E-state index contributed by atoms with van der Waals surface area (Å²) in [5, 5.41) is 12.2. The molecule has 220 valence electrons. The molecule has 1 N–H and O–H groups in total. The second kappa shape index (κ2) is 12.2. The van der Waals surface area contributed by atoms with Crippen molar-refractivity contribution in [1.82, 2.24) is 14.5 Å². The van der Waals surface area contributed by atoms with Gasteiger partial charge in [-0.15, -0.1) is 0 Å². The van der Waals surface area contributed by atoms with Crippen molar-refractivity contribution in [3.63, 3.8) is 0 Å². The number of aryl methyl sites for hydroxylation is 1. The normalized spacial score (nSPS) is 14.7. The van der Waals surface area contributed by atoms with Gasteiger partial charge in [-0.1, -0.05) is 35.6 Å². The maximum atomic E-state index is 13.9. The Balaban J connectivity index is 1.64. The van der Waals surface area contributed by atoms with Gasteiger partial charge in [0.15, 0.2) is 9.96 Å². The van der Waals surface area contributed by atoms with Crippen molar-refractivity contribution in [1.29, 1.82) is 0 Å². The second-order valence-corrected chi connectivity index (χ2v) is 11.4. The van der Waals surface area contributed by atoms with E-state index in [0.29, 0.717) is 33.1 Å². The lowest BCUT2D eigenvalue weighted by molar-refractivity contribution is -0.387. The Morgan fingerprint density at radius 3 is 2.67 bits per heavy atom. The number of nitro benzene ring substituents is 1. The third-order valence-electron chi connectivity index (χ3n) is 6.48. The molecule has 0 radical (unpaired) electrons. The van der Waals surface area contributed by atoms with Gasteiger partial charge in [-0.2, -0.15) is 0 Å². The first-order valence-electron chi connectivity index (χ1n) is 13.0. The smallest absolute Gasteiger partial charge is 0.338 e. The molecule has 1 aliphatic rings. The van der Waals surface area contributed by atoms with Crippen molar-refractivity contribution in [2.75, 3.05) is 13.7 Å². The number of fused-ring (bicyclic) bond motifs is 1. The standard InChI is InChI=1S/C29H25N5O7S2/c1-5-41-27(37)24-16(3)31-29-33(25(24)18-8-6-7-9-20(18)40-4)26(36)22(43-29)14-17-10-11-21(19(13-17)34(38)39)42-28-30-15(2)12-23(35)32-28/h6-14,25H,5H2,1-4H3,(H,30,32,35)/b22-14+/t25-/m1/s1. The molecule has 0 unspecified atom stereocenters. The molecule has 0 aliphatic carbocycles. The SMILES string of the molecule is CCOC(=O)C1=C(C)N=c2s/c(=C/c3ccc(Sc4nc(C)cc(=O)[nH]4)c([N+](=O)[O-])c3)c(=O)n2[C@@H]1c1ccccc1OC. The third-order valence-corrected chi connectivity index (χ3v) is 8.42. The fourth-order valence-electron chi connectivity index (χ4n) is 4.69. The lowest BCUT2D eigenvalue weighted by Gasteiger charge is -2.25. The van der Waals surface area contributed by atoms with Crippen LogP contribution in [0.2, 0.25) is 0 Å². The summed E-state index contributed by atoms with van der Waals surface area (Å²) in [5.41, 5.74) is 1.06. The van der Waals surface area contributed by atoms with E-state index in [2.05, 4.69) is 15.0 Å². The van der Waals surface area contributed by atoms with Gasteiger partial charge in [-0.05, 0) is 56.3 Å². The number of H-pyrrole nitrogens is 1. The van der Waals surface area contributed by atoms with Crippen LogP contribution in [0.1, 0.15) is 36.7 Å². The van der Waals surface area contributed by atoms with E-state index in [4.69, 9.17) is 9.47 Å². The highest BCUT2D eigenvalue weighted by Crippen LogP contribution is 2.36. The summed E-state index contributed by atoms with van der Waals surface area (Å²) < 4.78 is 12.6. The molecule has 12 nitrogen and oxygen atoms in total. The van der Waals surface area contributed by atoms with Gasteiger partial charge in [0.1, 0.15) is 11.8 Å². The Morgan fingerprint density at radius 1 is 1.21 bits per heavy atom. The Kier molecular flexibility index (Phi) is 8.41. The predicted molar refractivity (Wildman–Crippen MR) is 160 cm³/mol. The van der Waals surface area contributed by atoms with E-state index in [1.165, 1.54) is 29.9 Å². The topological polar surface area (TPSA) is 159 Å². The Labute approximate surface area is 252 Å². The van der Waals surface area contributed by atoms with Crippen molar-refractivity contribution in [2.24, 2.45) is 4.99 Å². The number of aromatic nitrogens is 3. The Hall–Kier alpha value is -4.82. The van der Waals surface area contributed by atoms with Crippen molar-refractivity contribution in [3.05, 3.63) is 117 Å². The second-order valence-electron chi connectivity index (χ2n) is 9.32. The molecule has 14 heteroatoms. The van der Waals surface area contributed by atoms with Crippen LogP contribution >= 0.6 is 23.1 Å². The molecule has 4 aromatic rings. The van der Waals surface area contributed by atoms with E-state index < -0.39 is 22.5 Å². The van der Waals surface area contributed by atoms with Crippen molar-refractivity contribution >= 4 is 40.8 Å². The molecule has 0 spiro atoms. The molecule has 1 atom stereocenters. The maximum Gasteiger partial charge on any atom is 0.338 e. The van der Waals surface area contributed by atoms with Gasteiger partial charge < -0.3 is 14.5 Å². The summed E-state index contributed by atoms with van der Waals surface area (Å²) in [6.07, 6.45) is 1.54. The lowest BCUT2D eigenvalue weighted by Crippen LogP contribution is -2.40. The molecular weight excluding hydrogens is 594 g/mol. The zero-order chi connectivity index (χ0) is 30.8. The van der Waals surface area contributed by atoms with E-state index in [9.17, 15) is 24.5 Å². The number of benzene rings is 2. The number of carbonyl (C=O) groups is 1. The first-order valence-corrected chi connectivity index (χ1v) is 14.6. The fraction of sp³-hybridized carbons (Fsp3) is 0.207.